The summed E-state index contributed by atoms with van der Waals surface area (Å²) in [7, 11) is 0. The molecular weight excluding hydrogens is 308 g/mol. The second kappa shape index (κ2) is 6.73. The maximum atomic E-state index is 9.67. The van der Waals surface area contributed by atoms with Gasteiger partial charge in [0.15, 0.2) is 0 Å². The maximum Gasteiger partial charge on any atom is 0.115 e. The lowest BCUT2D eigenvalue weighted by Gasteiger charge is -2.35. The molecule has 25 heavy (non-hydrogen) atoms. The van der Waals surface area contributed by atoms with E-state index in [2.05, 4.69) is 42.5 Å². The molecular formula is C23H22O2. The smallest absolute Gasteiger partial charge is 0.115 e. The summed E-state index contributed by atoms with van der Waals surface area (Å²) in [5, 5.41) is 19.1. The van der Waals surface area contributed by atoms with Gasteiger partial charge in [-0.3, -0.25) is 0 Å². The SMILES string of the molecule is OCc1ccc2c(c1)CC[C@@H](c1ccccc1)[C@H]2c1ccc(O)cc1. The first-order valence-electron chi connectivity index (χ1n) is 8.82. The number of fused-ring (bicyclic) bond motifs is 1. The van der Waals surface area contributed by atoms with Crippen LogP contribution in [0.3, 0.4) is 0 Å². The molecule has 126 valence electrons. The molecule has 0 radical (unpaired) electrons. The lowest BCUT2D eigenvalue weighted by atomic mass is 9.69. The number of aromatic hydroxyl groups is 1. The van der Waals surface area contributed by atoms with E-state index in [1.807, 2.05) is 18.2 Å². The van der Waals surface area contributed by atoms with Gasteiger partial charge in [0.1, 0.15) is 5.75 Å². The Balaban J connectivity index is 1.84. The molecule has 0 aromatic heterocycles. The summed E-state index contributed by atoms with van der Waals surface area (Å²) in [5.74, 6) is 0.976. The van der Waals surface area contributed by atoms with E-state index < -0.39 is 0 Å². The van der Waals surface area contributed by atoms with Crippen molar-refractivity contribution in [2.75, 3.05) is 0 Å². The van der Waals surface area contributed by atoms with Gasteiger partial charge in [-0.15, -0.1) is 0 Å². The van der Waals surface area contributed by atoms with Crippen LogP contribution in [0.1, 0.15) is 46.1 Å². The fraction of sp³-hybridized carbons (Fsp3) is 0.217. The summed E-state index contributed by atoms with van der Waals surface area (Å²) >= 11 is 0. The monoisotopic (exact) mass is 330 g/mol. The predicted octanol–water partition coefficient (Wildman–Crippen LogP) is 4.75. The average molecular weight is 330 g/mol. The summed E-state index contributed by atoms with van der Waals surface area (Å²) in [6.07, 6.45) is 2.11. The summed E-state index contributed by atoms with van der Waals surface area (Å²) in [4.78, 5) is 0. The minimum atomic E-state index is 0.0826. The average Bonchev–Trinajstić information content (AvgIpc) is 2.68. The van der Waals surface area contributed by atoms with Crippen LogP contribution in [0, 0.1) is 0 Å². The Morgan fingerprint density at radius 3 is 2.32 bits per heavy atom. The first-order valence-corrected chi connectivity index (χ1v) is 8.82. The third-order valence-corrected chi connectivity index (χ3v) is 5.33. The van der Waals surface area contributed by atoms with Crippen LogP contribution in [0.2, 0.25) is 0 Å². The minimum Gasteiger partial charge on any atom is -0.508 e. The fourth-order valence-corrected chi connectivity index (χ4v) is 4.12. The van der Waals surface area contributed by atoms with Gasteiger partial charge in [0.05, 0.1) is 6.61 Å². The van der Waals surface area contributed by atoms with E-state index in [1.165, 1.54) is 22.3 Å². The van der Waals surface area contributed by atoms with Crippen LogP contribution in [-0.4, -0.2) is 10.2 Å². The minimum absolute atomic E-state index is 0.0826. The van der Waals surface area contributed by atoms with Crippen molar-refractivity contribution in [2.45, 2.75) is 31.3 Å². The number of hydrogen-bond acceptors (Lipinski definition) is 2. The molecule has 2 N–H and O–H groups in total. The second-order valence-corrected chi connectivity index (χ2v) is 6.82. The fourth-order valence-electron chi connectivity index (χ4n) is 4.12. The Kier molecular flexibility index (Phi) is 4.29. The number of benzene rings is 3. The highest BCUT2D eigenvalue weighted by Gasteiger charge is 2.31. The highest BCUT2D eigenvalue weighted by Crippen LogP contribution is 2.46. The molecule has 0 bridgehead atoms. The number of phenolic OH excluding ortho intramolecular Hbond substituents is 1. The molecule has 0 amide bonds. The molecule has 0 saturated heterocycles. The molecule has 1 aliphatic rings. The van der Waals surface area contributed by atoms with Crippen molar-refractivity contribution >= 4 is 0 Å². The van der Waals surface area contributed by atoms with Crippen molar-refractivity contribution in [3.05, 3.63) is 101 Å². The molecule has 2 atom stereocenters. The highest BCUT2D eigenvalue weighted by molar-refractivity contribution is 5.47. The topological polar surface area (TPSA) is 40.5 Å². The van der Waals surface area contributed by atoms with Gasteiger partial charge < -0.3 is 10.2 Å². The van der Waals surface area contributed by atoms with Crippen LogP contribution in [0.4, 0.5) is 0 Å². The highest BCUT2D eigenvalue weighted by atomic mass is 16.3. The van der Waals surface area contributed by atoms with Gasteiger partial charge >= 0.3 is 0 Å². The number of phenols is 1. The van der Waals surface area contributed by atoms with Gasteiger partial charge in [-0.05, 0) is 58.7 Å². The third kappa shape index (κ3) is 3.06. The van der Waals surface area contributed by atoms with Gasteiger partial charge in [-0.1, -0.05) is 60.7 Å². The van der Waals surface area contributed by atoms with Crippen LogP contribution in [0.5, 0.6) is 5.75 Å². The lowest BCUT2D eigenvalue weighted by Crippen LogP contribution is -2.20. The molecule has 0 heterocycles. The molecule has 0 spiro atoms. The van der Waals surface area contributed by atoms with Crippen LogP contribution in [0.25, 0.3) is 0 Å². The molecule has 3 aromatic rings. The molecule has 2 heteroatoms. The van der Waals surface area contributed by atoms with E-state index in [0.29, 0.717) is 11.7 Å². The van der Waals surface area contributed by atoms with Crippen molar-refractivity contribution in [3.8, 4) is 5.75 Å². The summed E-state index contributed by atoms with van der Waals surface area (Å²) in [6.45, 7) is 0.0826. The first-order chi connectivity index (χ1) is 12.3. The van der Waals surface area contributed by atoms with Gasteiger partial charge in [0.2, 0.25) is 0 Å². The van der Waals surface area contributed by atoms with Crippen molar-refractivity contribution in [2.24, 2.45) is 0 Å². The number of rotatable bonds is 3. The molecule has 1 aliphatic carbocycles. The molecule has 0 fully saturated rings. The Morgan fingerprint density at radius 1 is 0.840 bits per heavy atom. The number of aliphatic hydroxyl groups excluding tert-OH is 1. The van der Waals surface area contributed by atoms with Crippen molar-refractivity contribution < 1.29 is 10.2 Å². The van der Waals surface area contributed by atoms with Crippen LogP contribution in [-0.2, 0) is 13.0 Å². The van der Waals surface area contributed by atoms with Gasteiger partial charge in [0.25, 0.3) is 0 Å². The lowest BCUT2D eigenvalue weighted by molar-refractivity contribution is 0.281. The molecule has 0 aliphatic heterocycles. The van der Waals surface area contributed by atoms with Gasteiger partial charge in [-0.25, -0.2) is 0 Å². The largest absolute Gasteiger partial charge is 0.508 e. The normalized spacial score (nSPS) is 19.4. The van der Waals surface area contributed by atoms with E-state index in [9.17, 15) is 10.2 Å². The zero-order valence-electron chi connectivity index (χ0n) is 14.1. The summed E-state index contributed by atoms with van der Waals surface area (Å²) < 4.78 is 0. The maximum absolute atomic E-state index is 9.67. The van der Waals surface area contributed by atoms with E-state index in [4.69, 9.17) is 0 Å². The Labute approximate surface area is 148 Å². The Bertz CT molecular complexity index is 853. The van der Waals surface area contributed by atoms with Crippen molar-refractivity contribution in [1.29, 1.82) is 0 Å². The Morgan fingerprint density at radius 2 is 1.60 bits per heavy atom. The van der Waals surface area contributed by atoms with E-state index in [0.717, 1.165) is 18.4 Å². The third-order valence-electron chi connectivity index (χ3n) is 5.33. The predicted molar refractivity (Wildman–Crippen MR) is 99.8 cm³/mol. The van der Waals surface area contributed by atoms with Crippen molar-refractivity contribution in [3.63, 3.8) is 0 Å². The molecule has 3 aromatic carbocycles. The molecule has 4 rings (SSSR count). The second-order valence-electron chi connectivity index (χ2n) is 6.82. The first kappa shape index (κ1) is 15.9. The van der Waals surface area contributed by atoms with E-state index in [-0.39, 0.29) is 12.5 Å². The Hall–Kier alpha value is -2.58. The molecule has 0 saturated carbocycles. The summed E-state index contributed by atoms with van der Waals surface area (Å²) in [6, 6.07) is 24.6. The van der Waals surface area contributed by atoms with E-state index in [1.54, 1.807) is 12.1 Å². The number of hydrogen-bond donors (Lipinski definition) is 2. The van der Waals surface area contributed by atoms with Crippen molar-refractivity contribution in [1.82, 2.24) is 0 Å². The zero-order valence-corrected chi connectivity index (χ0v) is 14.1. The number of aliphatic hydroxyl groups is 1. The zero-order chi connectivity index (χ0) is 17.2. The van der Waals surface area contributed by atoms with Gasteiger partial charge in [-0.2, -0.15) is 0 Å². The standard InChI is InChI=1S/C23H22O2/c24-15-16-6-12-22-19(14-16)9-13-21(17-4-2-1-3-5-17)23(22)18-7-10-20(25)11-8-18/h1-8,10-12,14,21,23-25H,9,13,15H2/t21-,23+/m0/s1. The van der Waals surface area contributed by atoms with Gasteiger partial charge in [0, 0.05) is 5.92 Å². The van der Waals surface area contributed by atoms with Crippen LogP contribution >= 0.6 is 0 Å². The molecule has 2 nitrogen and oxygen atoms in total. The van der Waals surface area contributed by atoms with Crippen LogP contribution < -0.4 is 0 Å². The molecule has 0 unspecified atom stereocenters. The summed E-state index contributed by atoms with van der Waals surface area (Å²) in [5.41, 5.74) is 6.22. The van der Waals surface area contributed by atoms with Crippen LogP contribution in [0.15, 0.2) is 72.8 Å². The quantitative estimate of drug-likeness (QED) is 0.728. The number of aryl methyl sites for hydroxylation is 1. The van der Waals surface area contributed by atoms with E-state index >= 15 is 0 Å².